The molecule has 0 aromatic heterocycles. The van der Waals surface area contributed by atoms with E-state index in [0.29, 0.717) is 22.3 Å². The first-order chi connectivity index (χ1) is 19.4. The molecule has 0 heterocycles. The van der Waals surface area contributed by atoms with Crippen molar-refractivity contribution >= 4 is 56.6 Å². The van der Waals surface area contributed by atoms with Crippen LogP contribution in [0.15, 0.2) is 57.8 Å². The van der Waals surface area contributed by atoms with Crippen LogP contribution >= 0.6 is 0 Å². The molecule has 2 aromatic carbocycles. The summed E-state index contributed by atoms with van der Waals surface area (Å²) in [7, 11) is -6.64. The molecule has 2 rings (SSSR count). The number of amidine groups is 2. The topological polar surface area (TPSA) is 123 Å². The van der Waals surface area contributed by atoms with E-state index in [4.69, 9.17) is 9.32 Å². The van der Waals surface area contributed by atoms with Crippen molar-refractivity contribution in [3.05, 3.63) is 70.8 Å². The van der Waals surface area contributed by atoms with Crippen LogP contribution in [-0.4, -0.2) is 66.8 Å². The Balaban J connectivity index is 0.000000751. The number of carbonyl (C=O) groups is 2. The number of nitrogens with zero attached hydrogens (tertiary/aromatic N) is 2. The van der Waals surface area contributed by atoms with Crippen LogP contribution in [0.25, 0.3) is 0 Å². The predicted molar refractivity (Wildman–Crippen MR) is 191 cm³/mol. The Bertz CT molecular complexity index is 1180. The van der Waals surface area contributed by atoms with Crippen LogP contribution in [0.2, 0.25) is 87.8 Å². The number of carboxylic acid groups (broad SMARTS) is 2. The quantitative estimate of drug-likeness (QED) is 0.124. The molecule has 0 aliphatic rings. The Morgan fingerprint density at radius 2 is 0.791 bits per heavy atom. The van der Waals surface area contributed by atoms with Crippen LogP contribution in [0.5, 0.6) is 0 Å². The van der Waals surface area contributed by atoms with Gasteiger partial charge in [-0.05, 0) is 51.4 Å². The Labute approximate surface area is 275 Å². The third-order valence-electron chi connectivity index (χ3n) is 4.71. The minimum absolute atomic E-state index is 0.230. The van der Waals surface area contributed by atoms with E-state index in [2.05, 4.69) is 97.8 Å². The molecule has 0 fully saturated rings. The monoisotopic (exact) mass is 736 g/mol. The molecular weight excluding hydrogens is 684 g/mol. The van der Waals surface area contributed by atoms with Gasteiger partial charge in [0.05, 0.1) is 11.1 Å². The Hall–Kier alpha value is -1.93. The molecule has 0 spiro atoms. The Kier molecular flexibility index (Phi) is 16.7. The van der Waals surface area contributed by atoms with Crippen molar-refractivity contribution in [1.29, 1.82) is 0 Å². The van der Waals surface area contributed by atoms with E-state index in [1.54, 1.807) is 24.3 Å². The molecule has 238 valence electrons. The molecule has 2 aromatic rings. The van der Waals surface area contributed by atoms with E-state index in [9.17, 15) is 19.8 Å². The molecule has 43 heavy (non-hydrogen) atoms. The normalized spacial score (nSPS) is 12.6. The zero-order valence-electron chi connectivity index (χ0n) is 28.7. The number of nitrogens with one attached hydrogen (secondary N) is 2. The van der Waals surface area contributed by atoms with Crippen LogP contribution in [-0.2, 0) is 23.2 Å². The predicted octanol–water partition coefficient (Wildman–Crippen LogP) is 7.95. The number of hydrogen-bond donors (Lipinski definition) is 4. The van der Waals surface area contributed by atoms with E-state index in [1.807, 2.05) is 24.3 Å². The summed E-state index contributed by atoms with van der Waals surface area (Å²) in [4.78, 5) is 29.8. The fourth-order valence-electron chi connectivity index (χ4n) is 3.44. The van der Waals surface area contributed by atoms with Crippen LogP contribution in [0.3, 0.4) is 0 Å². The van der Waals surface area contributed by atoms with E-state index < -0.39 is 44.9 Å². The van der Waals surface area contributed by atoms with Gasteiger partial charge in [0, 0.05) is 11.1 Å². The first kappa shape index (κ1) is 41.1. The molecule has 8 nitrogen and oxygen atoms in total. The number of benzene rings is 2. The zero-order chi connectivity index (χ0) is 33.8. The van der Waals surface area contributed by atoms with Gasteiger partial charge in [-0.2, -0.15) is 0 Å². The number of aromatic carboxylic acids is 2. The average Bonchev–Trinajstić information content (AvgIpc) is 2.80. The van der Waals surface area contributed by atoms with Crippen molar-refractivity contribution < 1.29 is 43.0 Å². The van der Waals surface area contributed by atoms with Crippen molar-refractivity contribution in [3.63, 3.8) is 0 Å². The molecule has 0 saturated heterocycles. The molecular formula is C30H54N4O4Si4Zr. The van der Waals surface area contributed by atoms with Gasteiger partial charge >= 0.3 is 44.4 Å². The second-order valence-corrected chi connectivity index (χ2v) is 35.3. The summed E-state index contributed by atoms with van der Waals surface area (Å²) < 4.78 is 14.2. The van der Waals surface area contributed by atoms with Crippen LogP contribution in [0.1, 0.15) is 31.8 Å². The SMILES string of the molecule is C[Si](C)(C)N=C(N[Si](C)(C)C)c1ccccc1C(=O)O.C[Si](C)(C)N=C(N[Si](C)(C)C)c1ccccc1C(=O)O.[CH3][Zr][CH3]. The molecule has 0 unspecified atom stereocenters. The van der Waals surface area contributed by atoms with E-state index >= 15 is 0 Å². The van der Waals surface area contributed by atoms with Gasteiger partial charge in [0.2, 0.25) is 0 Å². The van der Waals surface area contributed by atoms with E-state index in [0.717, 1.165) is 11.7 Å². The number of hydrogen-bond acceptors (Lipinski definition) is 4. The van der Waals surface area contributed by atoms with E-state index in [1.165, 1.54) is 0 Å². The van der Waals surface area contributed by atoms with Crippen molar-refractivity contribution in [2.24, 2.45) is 9.32 Å². The molecule has 13 heteroatoms. The first-order valence-corrected chi connectivity index (χ1v) is 33.2. The van der Waals surface area contributed by atoms with Crippen molar-refractivity contribution in [3.8, 4) is 0 Å². The maximum atomic E-state index is 11.4. The molecule has 0 radical (unpaired) electrons. The van der Waals surface area contributed by atoms with Crippen LogP contribution in [0.4, 0.5) is 0 Å². The molecule has 0 amide bonds. The molecule has 0 bridgehead atoms. The summed E-state index contributed by atoms with van der Waals surface area (Å²) in [5.41, 5.74) is 1.97. The Morgan fingerprint density at radius 1 is 0.558 bits per heavy atom. The fourth-order valence-corrected chi connectivity index (χ4v) is 7.16. The van der Waals surface area contributed by atoms with Gasteiger partial charge in [-0.1, -0.05) is 75.7 Å². The zero-order valence-corrected chi connectivity index (χ0v) is 35.2. The second kappa shape index (κ2) is 17.5. The summed E-state index contributed by atoms with van der Waals surface area (Å²) in [6, 6.07) is 14.1. The van der Waals surface area contributed by atoms with Gasteiger partial charge in [-0.15, -0.1) is 0 Å². The van der Waals surface area contributed by atoms with Crippen molar-refractivity contribution in [2.75, 3.05) is 0 Å². The molecule has 0 aliphatic carbocycles. The summed E-state index contributed by atoms with van der Waals surface area (Å²) >= 11 is 0.230. The van der Waals surface area contributed by atoms with Gasteiger partial charge in [0.25, 0.3) is 0 Å². The number of carboxylic acids is 2. The van der Waals surface area contributed by atoms with Gasteiger partial charge in [0.15, 0.2) is 16.5 Å². The van der Waals surface area contributed by atoms with Gasteiger partial charge in [-0.25, -0.2) is 9.59 Å². The molecule has 0 aliphatic heterocycles. The van der Waals surface area contributed by atoms with Gasteiger partial charge in [0.1, 0.15) is 28.1 Å². The average molecular weight is 738 g/mol. The fraction of sp³-hybridized carbons (Fsp3) is 0.467. The second-order valence-electron chi connectivity index (χ2n) is 14.2. The van der Waals surface area contributed by atoms with Gasteiger partial charge < -0.3 is 29.5 Å². The van der Waals surface area contributed by atoms with Crippen LogP contribution < -0.4 is 9.96 Å². The van der Waals surface area contributed by atoms with Crippen LogP contribution in [0, 0.1) is 0 Å². The van der Waals surface area contributed by atoms with Crippen molar-refractivity contribution in [2.45, 2.75) is 87.8 Å². The third-order valence-corrected chi connectivity index (χ3v) is 8.47. The Morgan fingerprint density at radius 3 is 0.977 bits per heavy atom. The summed E-state index contributed by atoms with van der Waals surface area (Å²) in [6.45, 7) is 25.9. The summed E-state index contributed by atoms with van der Waals surface area (Å²) in [5, 5.41) is 18.7. The summed E-state index contributed by atoms with van der Waals surface area (Å²) in [5.74, 6) is -0.356. The summed E-state index contributed by atoms with van der Waals surface area (Å²) in [6.07, 6.45) is 0. The van der Waals surface area contributed by atoms with E-state index in [-0.39, 0.29) is 23.2 Å². The van der Waals surface area contributed by atoms with Crippen molar-refractivity contribution in [1.82, 2.24) is 9.96 Å². The molecule has 4 N–H and O–H groups in total. The molecule has 0 atom stereocenters. The maximum absolute atomic E-state index is 11.4. The standard InChI is InChI=1S/2C14H24N2O2Si2.2CH3.Zr/c2*1-19(2,3)15-13(16-20(4,5)6)11-9-7-8-10-12(11)14(17)18;;;/h2*7-10H,1-6H3,(H,15,16)(H,17,18);2*1H3;. The first-order valence-electron chi connectivity index (χ1n) is 14.4. The molecule has 0 saturated carbocycles. The third kappa shape index (κ3) is 18.5. The van der Waals surface area contributed by atoms with Gasteiger partial charge in [-0.3, -0.25) is 0 Å². The minimum atomic E-state index is -1.71. The number of rotatable bonds is 8.